The fourth-order valence-electron chi connectivity index (χ4n) is 2.01. The Kier molecular flexibility index (Phi) is 4.50. The maximum Gasteiger partial charge on any atom is 0.303 e. The Balaban J connectivity index is 2.13. The number of aliphatic carboxylic acids is 1. The smallest absolute Gasteiger partial charge is 0.303 e. The number of nitrogens with zero attached hydrogens (tertiary/aromatic N) is 3. The van der Waals surface area contributed by atoms with Gasteiger partial charge in [0.2, 0.25) is 0 Å². The number of carboxylic acid groups (broad SMARTS) is 1. The molecule has 1 aromatic carbocycles. The summed E-state index contributed by atoms with van der Waals surface area (Å²) in [6.45, 7) is 5.10. The molecule has 2 aromatic rings. The minimum Gasteiger partial charge on any atom is -0.481 e. The third-order valence-electron chi connectivity index (χ3n) is 2.90. The molecule has 0 bridgehead atoms. The zero-order chi connectivity index (χ0) is 14.5. The SMILES string of the molecule is CC(C)Cn1cnc(-c2cccc(CCC(=O)O)c2)n1. The van der Waals surface area contributed by atoms with E-state index in [2.05, 4.69) is 23.9 Å². The highest BCUT2D eigenvalue weighted by Gasteiger charge is 2.07. The first-order valence-electron chi connectivity index (χ1n) is 6.75. The maximum atomic E-state index is 10.6. The second-order valence-corrected chi connectivity index (χ2v) is 5.28. The van der Waals surface area contributed by atoms with E-state index in [1.807, 2.05) is 28.9 Å². The van der Waals surface area contributed by atoms with Gasteiger partial charge in [0.15, 0.2) is 5.82 Å². The second-order valence-electron chi connectivity index (χ2n) is 5.28. The normalized spacial score (nSPS) is 10.9. The van der Waals surface area contributed by atoms with E-state index in [1.54, 1.807) is 6.33 Å². The van der Waals surface area contributed by atoms with Crippen LogP contribution in [0.1, 0.15) is 25.8 Å². The summed E-state index contributed by atoms with van der Waals surface area (Å²) in [6, 6.07) is 7.74. The van der Waals surface area contributed by atoms with Crippen LogP contribution >= 0.6 is 0 Å². The highest BCUT2D eigenvalue weighted by atomic mass is 16.4. The summed E-state index contributed by atoms with van der Waals surface area (Å²) in [7, 11) is 0. The molecule has 1 N–H and O–H groups in total. The van der Waals surface area contributed by atoms with Gasteiger partial charge in [-0.1, -0.05) is 32.0 Å². The van der Waals surface area contributed by atoms with Gasteiger partial charge in [-0.3, -0.25) is 9.48 Å². The molecule has 0 atom stereocenters. The van der Waals surface area contributed by atoms with Crippen molar-refractivity contribution in [1.29, 1.82) is 0 Å². The zero-order valence-electron chi connectivity index (χ0n) is 11.8. The van der Waals surface area contributed by atoms with Crippen LogP contribution in [0.15, 0.2) is 30.6 Å². The Morgan fingerprint density at radius 3 is 2.90 bits per heavy atom. The number of hydrogen-bond donors (Lipinski definition) is 1. The summed E-state index contributed by atoms with van der Waals surface area (Å²) < 4.78 is 1.84. The van der Waals surface area contributed by atoms with Crippen LogP contribution < -0.4 is 0 Å². The summed E-state index contributed by atoms with van der Waals surface area (Å²) in [5, 5.41) is 13.2. The van der Waals surface area contributed by atoms with E-state index in [-0.39, 0.29) is 6.42 Å². The summed E-state index contributed by atoms with van der Waals surface area (Å²) >= 11 is 0. The van der Waals surface area contributed by atoms with E-state index in [4.69, 9.17) is 5.11 Å². The molecule has 5 nitrogen and oxygen atoms in total. The lowest BCUT2D eigenvalue weighted by molar-refractivity contribution is -0.136. The monoisotopic (exact) mass is 273 g/mol. The average Bonchev–Trinajstić information content (AvgIpc) is 2.84. The second kappa shape index (κ2) is 6.32. The third-order valence-corrected chi connectivity index (χ3v) is 2.90. The van der Waals surface area contributed by atoms with Gasteiger partial charge >= 0.3 is 5.97 Å². The van der Waals surface area contributed by atoms with Gasteiger partial charge in [0.1, 0.15) is 6.33 Å². The van der Waals surface area contributed by atoms with Gasteiger partial charge in [0, 0.05) is 18.5 Å². The van der Waals surface area contributed by atoms with Crippen LogP contribution in [0.3, 0.4) is 0 Å². The highest BCUT2D eigenvalue weighted by Crippen LogP contribution is 2.17. The van der Waals surface area contributed by atoms with Crippen molar-refractivity contribution in [3.05, 3.63) is 36.2 Å². The molecule has 0 radical (unpaired) electrons. The molecule has 0 aliphatic rings. The van der Waals surface area contributed by atoms with Crippen LogP contribution in [-0.4, -0.2) is 25.8 Å². The topological polar surface area (TPSA) is 68.0 Å². The minimum absolute atomic E-state index is 0.138. The number of aryl methyl sites for hydroxylation is 1. The van der Waals surface area contributed by atoms with Crippen LogP contribution in [0.25, 0.3) is 11.4 Å². The van der Waals surface area contributed by atoms with E-state index in [0.717, 1.165) is 17.7 Å². The molecule has 5 heteroatoms. The van der Waals surface area contributed by atoms with E-state index >= 15 is 0 Å². The lowest BCUT2D eigenvalue weighted by Gasteiger charge is -2.03. The number of hydrogen-bond acceptors (Lipinski definition) is 3. The van der Waals surface area contributed by atoms with Gasteiger partial charge in [-0.05, 0) is 24.0 Å². The molecule has 2 rings (SSSR count). The van der Waals surface area contributed by atoms with Crippen molar-refractivity contribution in [3.8, 4) is 11.4 Å². The molecule has 0 aliphatic heterocycles. The largest absolute Gasteiger partial charge is 0.481 e. The third kappa shape index (κ3) is 3.91. The van der Waals surface area contributed by atoms with Crippen molar-refractivity contribution in [2.24, 2.45) is 5.92 Å². The lowest BCUT2D eigenvalue weighted by atomic mass is 10.1. The Morgan fingerprint density at radius 2 is 2.20 bits per heavy atom. The van der Waals surface area contributed by atoms with E-state index < -0.39 is 5.97 Å². The molecular formula is C15H19N3O2. The molecule has 0 spiro atoms. The van der Waals surface area contributed by atoms with Crippen LogP contribution in [0, 0.1) is 5.92 Å². The van der Waals surface area contributed by atoms with Gasteiger partial charge < -0.3 is 5.11 Å². The molecule has 0 unspecified atom stereocenters. The molecular weight excluding hydrogens is 254 g/mol. The molecule has 0 aliphatic carbocycles. The van der Waals surface area contributed by atoms with E-state index in [0.29, 0.717) is 18.2 Å². The Morgan fingerprint density at radius 1 is 1.40 bits per heavy atom. The molecule has 1 aromatic heterocycles. The van der Waals surface area contributed by atoms with Crippen LogP contribution in [0.4, 0.5) is 0 Å². The fraction of sp³-hybridized carbons (Fsp3) is 0.400. The number of carboxylic acids is 1. The molecule has 1 heterocycles. The van der Waals surface area contributed by atoms with Gasteiger partial charge in [0.05, 0.1) is 0 Å². The number of rotatable bonds is 6. The predicted octanol–water partition coefficient (Wildman–Crippen LogP) is 2.62. The first-order chi connectivity index (χ1) is 9.54. The van der Waals surface area contributed by atoms with Crippen LogP contribution in [0.2, 0.25) is 0 Å². The molecule has 106 valence electrons. The summed E-state index contributed by atoms with van der Waals surface area (Å²) in [5.41, 5.74) is 1.92. The van der Waals surface area contributed by atoms with Crippen LogP contribution in [-0.2, 0) is 17.8 Å². The number of carbonyl (C=O) groups is 1. The number of benzene rings is 1. The number of aromatic nitrogens is 3. The summed E-state index contributed by atoms with van der Waals surface area (Å²) in [6.07, 6.45) is 2.40. The standard InChI is InChI=1S/C15H19N3O2/c1-11(2)9-18-10-16-15(17-18)13-5-3-4-12(8-13)6-7-14(19)20/h3-5,8,10-11H,6-7,9H2,1-2H3,(H,19,20). The molecule has 0 saturated carbocycles. The quantitative estimate of drug-likeness (QED) is 0.878. The van der Waals surface area contributed by atoms with Crippen molar-refractivity contribution in [1.82, 2.24) is 14.8 Å². The predicted molar refractivity (Wildman–Crippen MR) is 76.3 cm³/mol. The summed E-state index contributed by atoms with van der Waals surface area (Å²) in [5.74, 6) is 0.420. The Labute approximate surface area is 118 Å². The van der Waals surface area contributed by atoms with Crippen LogP contribution in [0.5, 0.6) is 0 Å². The van der Waals surface area contributed by atoms with E-state index in [9.17, 15) is 4.79 Å². The highest BCUT2D eigenvalue weighted by molar-refractivity contribution is 5.67. The average molecular weight is 273 g/mol. The van der Waals surface area contributed by atoms with Crippen molar-refractivity contribution >= 4 is 5.97 Å². The first-order valence-corrected chi connectivity index (χ1v) is 6.75. The molecule has 0 fully saturated rings. The summed E-state index contributed by atoms with van der Waals surface area (Å²) in [4.78, 5) is 14.9. The Hall–Kier alpha value is -2.17. The van der Waals surface area contributed by atoms with Crippen molar-refractivity contribution < 1.29 is 9.90 Å². The Bertz CT molecular complexity index is 590. The lowest BCUT2D eigenvalue weighted by Crippen LogP contribution is -2.04. The zero-order valence-corrected chi connectivity index (χ0v) is 11.8. The van der Waals surface area contributed by atoms with Gasteiger partial charge in [-0.2, -0.15) is 5.10 Å². The van der Waals surface area contributed by atoms with Gasteiger partial charge in [-0.15, -0.1) is 0 Å². The molecule has 20 heavy (non-hydrogen) atoms. The van der Waals surface area contributed by atoms with Crippen molar-refractivity contribution in [2.75, 3.05) is 0 Å². The van der Waals surface area contributed by atoms with Crippen molar-refractivity contribution in [2.45, 2.75) is 33.2 Å². The first kappa shape index (κ1) is 14.2. The minimum atomic E-state index is -0.783. The van der Waals surface area contributed by atoms with Crippen molar-refractivity contribution in [3.63, 3.8) is 0 Å². The fourth-order valence-corrected chi connectivity index (χ4v) is 2.01. The molecule has 0 amide bonds. The van der Waals surface area contributed by atoms with E-state index in [1.165, 1.54) is 0 Å². The maximum absolute atomic E-state index is 10.6. The van der Waals surface area contributed by atoms with Gasteiger partial charge in [-0.25, -0.2) is 4.98 Å². The van der Waals surface area contributed by atoms with Gasteiger partial charge in [0.25, 0.3) is 0 Å². The molecule has 0 saturated heterocycles.